The molecule has 0 bridgehead atoms. The lowest BCUT2D eigenvalue weighted by molar-refractivity contribution is 0.0349. The van der Waals surface area contributed by atoms with Crippen LogP contribution in [0.2, 0.25) is 0 Å². The van der Waals surface area contributed by atoms with Gasteiger partial charge in [0.05, 0.1) is 0 Å². The van der Waals surface area contributed by atoms with Crippen molar-refractivity contribution in [2.45, 2.75) is 32.8 Å². The van der Waals surface area contributed by atoms with E-state index in [0.29, 0.717) is 6.54 Å². The number of hydrogen-bond donors (Lipinski definition) is 1. The van der Waals surface area contributed by atoms with E-state index in [1.807, 2.05) is 45.3 Å². The topological polar surface area (TPSA) is 58.2 Å². The van der Waals surface area contributed by atoms with Crippen molar-refractivity contribution in [3.63, 3.8) is 0 Å². The second-order valence-electron chi connectivity index (χ2n) is 6.18. The van der Waals surface area contributed by atoms with Crippen molar-refractivity contribution in [3.8, 4) is 0 Å². The fourth-order valence-corrected chi connectivity index (χ4v) is 2.45. The molecule has 3 heterocycles. The second-order valence-corrected chi connectivity index (χ2v) is 6.18. The third-order valence-electron chi connectivity index (χ3n) is 3.36. The van der Waals surface area contributed by atoms with Crippen LogP contribution in [-0.2, 0) is 4.74 Å². The van der Waals surface area contributed by atoms with Gasteiger partial charge in [0.2, 0.25) is 0 Å². The summed E-state index contributed by atoms with van der Waals surface area (Å²) in [5.74, 6) is 0. The first-order valence-corrected chi connectivity index (χ1v) is 7.07. The predicted octanol–water partition coefficient (Wildman–Crippen LogP) is 3.54. The highest BCUT2D eigenvalue weighted by Gasteiger charge is 2.25. The van der Waals surface area contributed by atoms with Gasteiger partial charge in [0.1, 0.15) is 11.2 Å². The summed E-state index contributed by atoms with van der Waals surface area (Å²) in [4.78, 5) is 21.2. The predicted molar refractivity (Wildman–Crippen MR) is 81.6 cm³/mol. The highest BCUT2D eigenvalue weighted by Crippen LogP contribution is 2.30. The van der Waals surface area contributed by atoms with Crippen LogP contribution in [0.15, 0.2) is 30.7 Å². The molecule has 1 aliphatic heterocycles. The number of aromatic amines is 1. The van der Waals surface area contributed by atoms with Gasteiger partial charge in [-0.2, -0.15) is 0 Å². The monoisotopic (exact) mass is 285 g/mol. The normalized spacial score (nSPS) is 15.4. The highest BCUT2D eigenvalue weighted by atomic mass is 16.6. The number of pyridine rings is 1. The summed E-state index contributed by atoms with van der Waals surface area (Å²) >= 11 is 0. The van der Waals surface area contributed by atoms with Crippen molar-refractivity contribution < 1.29 is 9.53 Å². The minimum absolute atomic E-state index is 0.296. The number of rotatable bonds is 1. The number of hydrogen-bond acceptors (Lipinski definition) is 3. The first-order valence-electron chi connectivity index (χ1n) is 7.07. The molecule has 0 saturated heterocycles. The number of H-pyrrole nitrogens is 1. The summed E-state index contributed by atoms with van der Waals surface area (Å²) in [7, 11) is 0. The van der Waals surface area contributed by atoms with Crippen molar-refractivity contribution >= 4 is 22.7 Å². The number of aromatic nitrogens is 2. The fourth-order valence-electron chi connectivity index (χ4n) is 2.45. The largest absolute Gasteiger partial charge is 0.443 e. The van der Waals surface area contributed by atoms with Crippen LogP contribution in [0.1, 0.15) is 32.8 Å². The molecule has 0 aromatic carbocycles. The van der Waals surface area contributed by atoms with Crippen LogP contribution in [0, 0.1) is 0 Å². The van der Waals surface area contributed by atoms with Crippen molar-refractivity contribution in [3.05, 3.63) is 36.3 Å². The Balaban J connectivity index is 1.85. The lowest BCUT2D eigenvalue weighted by Crippen LogP contribution is -2.32. The molecule has 2 aromatic heterocycles. The van der Waals surface area contributed by atoms with Crippen LogP contribution < -0.4 is 0 Å². The zero-order valence-electron chi connectivity index (χ0n) is 12.5. The van der Waals surface area contributed by atoms with Crippen molar-refractivity contribution in [1.82, 2.24) is 14.9 Å². The summed E-state index contributed by atoms with van der Waals surface area (Å²) in [6, 6.07) is 3.95. The maximum Gasteiger partial charge on any atom is 0.414 e. The third kappa shape index (κ3) is 2.77. The number of nitrogens with zero attached hydrogens (tertiary/aromatic N) is 2. The summed E-state index contributed by atoms with van der Waals surface area (Å²) in [5.41, 5.74) is 2.62. The summed E-state index contributed by atoms with van der Waals surface area (Å²) < 4.78 is 5.40. The first-order chi connectivity index (χ1) is 9.94. The minimum atomic E-state index is -0.474. The molecule has 0 atom stereocenters. The van der Waals surface area contributed by atoms with E-state index in [4.69, 9.17) is 4.74 Å². The average Bonchev–Trinajstić information content (AvgIpc) is 3.03. The Labute approximate surface area is 123 Å². The van der Waals surface area contributed by atoms with Gasteiger partial charge >= 0.3 is 6.09 Å². The Kier molecular flexibility index (Phi) is 3.20. The molecular formula is C16H19N3O2. The van der Waals surface area contributed by atoms with Gasteiger partial charge in [-0.15, -0.1) is 0 Å². The van der Waals surface area contributed by atoms with Crippen LogP contribution in [-0.4, -0.2) is 33.1 Å². The van der Waals surface area contributed by atoms with E-state index in [1.54, 1.807) is 11.1 Å². The summed E-state index contributed by atoms with van der Waals surface area (Å²) in [6.45, 7) is 6.27. The Bertz CT molecular complexity index is 710. The molecule has 1 N–H and O–H groups in total. The lowest BCUT2D eigenvalue weighted by atomic mass is 10.1. The van der Waals surface area contributed by atoms with Crippen molar-refractivity contribution in [1.29, 1.82) is 0 Å². The van der Waals surface area contributed by atoms with Gasteiger partial charge in [0.15, 0.2) is 0 Å². The Hall–Kier alpha value is -2.30. The van der Waals surface area contributed by atoms with Crippen LogP contribution >= 0.6 is 0 Å². The lowest BCUT2D eigenvalue weighted by Gasteiger charge is -2.23. The molecule has 0 spiro atoms. The van der Waals surface area contributed by atoms with E-state index in [0.717, 1.165) is 28.6 Å². The molecule has 2 aromatic rings. The molecule has 0 unspecified atom stereocenters. The van der Waals surface area contributed by atoms with Gasteiger partial charge in [-0.05, 0) is 44.9 Å². The minimum Gasteiger partial charge on any atom is -0.443 e. The fraction of sp³-hybridized carbons (Fsp3) is 0.375. The molecule has 5 heteroatoms. The zero-order chi connectivity index (χ0) is 15.0. The van der Waals surface area contributed by atoms with E-state index >= 15 is 0 Å². The standard InChI is InChI=1S/C16H19N3O2/c1-16(2,3)21-15(20)19-8-6-11(10-19)13-9-18-14-12(13)5-4-7-17-14/h4-5,7,9-10H,6,8H2,1-3H3,(H,17,18). The van der Waals surface area contributed by atoms with Gasteiger partial charge in [0.25, 0.3) is 0 Å². The molecular weight excluding hydrogens is 266 g/mol. The maximum atomic E-state index is 12.1. The number of carbonyl (C=O) groups excluding carboxylic acids is 1. The zero-order valence-corrected chi connectivity index (χ0v) is 12.5. The van der Waals surface area contributed by atoms with Gasteiger partial charge < -0.3 is 9.72 Å². The number of nitrogens with one attached hydrogen (secondary N) is 1. The van der Waals surface area contributed by atoms with Gasteiger partial charge in [-0.25, -0.2) is 9.78 Å². The van der Waals surface area contributed by atoms with Crippen LogP contribution in [0.5, 0.6) is 0 Å². The summed E-state index contributed by atoms with van der Waals surface area (Å²) in [6.07, 6.45) is 6.11. The summed E-state index contributed by atoms with van der Waals surface area (Å²) in [5, 5.41) is 1.08. The Morgan fingerprint density at radius 2 is 2.24 bits per heavy atom. The Morgan fingerprint density at radius 1 is 1.43 bits per heavy atom. The van der Waals surface area contributed by atoms with Gasteiger partial charge in [0, 0.05) is 36.1 Å². The first kappa shape index (κ1) is 13.7. The number of carbonyl (C=O) groups is 1. The van der Waals surface area contributed by atoms with E-state index in [-0.39, 0.29) is 6.09 Å². The molecule has 0 aliphatic carbocycles. The van der Waals surface area contributed by atoms with E-state index in [1.165, 1.54) is 0 Å². The number of fused-ring (bicyclic) bond motifs is 1. The molecule has 110 valence electrons. The molecule has 5 nitrogen and oxygen atoms in total. The third-order valence-corrected chi connectivity index (χ3v) is 3.36. The van der Waals surface area contributed by atoms with E-state index < -0.39 is 5.60 Å². The van der Waals surface area contributed by atoms with Crippen LogP contribution in [0.4, 0.5) is 4.79 Å². The van der Waals surface area contributed by atoms with Crippen molar-refractivity contribution in [2.24, 2.45) is 0 Å². The quantitative estimate of drug-likeness (QED) is 0.871. The molecule has 0 saturated carbocycles. The van der Waals surface area contributed by atoms with E-state index in [9.17, 15) is 4.79 Å². The molecule has 3 rings (SSSR count). The second kappa shape index (κ2) is 4.91. The Morgan fingerprint density at radius 3 is 3.00 bits per heavy atom. The highest BCUT2D eigenvalue weighted by molar-refractivity contribution is 5.91. The molecule has 1 aliphatic rings. The molecule has 1 amide bonds. The average molecular weight is 285 g/mol. The van der Waals surface area contributed by atoms with Crippen LogP contribution in [0.3, 0.4) is 0 Å². The van der Waals surface area contributed by atoms with Crippen LogP contribution in [0.25, 0.3) is 16.6 Å². The number of amides is 1. The smallest absolute Gasteiger partial charge is 0.414 e. The SMILES string of the molecule is CC(C)(C)OC(=O)N1C=C(c2c[nH]c3ncccc23)CC1. The molecule has 0 fully saturated rings. The number of ether oxygens (including phenoxy) is 1. The van der Waals surface area contributed by atoms with E-state index in [2.05, 4.69) is 9.97 Å². The van der Waals surface area contributed by atoms with Crippen molar-refractivity contribution in [2.75, 3.05) is 6.54 Å². The molecule has 21 heavy (non-hydrogen) atoms. The maximum absolute atomic E-state index is 12.1. The van der Waals surface area contributed by atoms with Gasteiger partial charge in [-0.1, -0.05) is 0 Å². The van der Waals surface area contributed by atoms with Gasteiger partial charge in [-0.3, -0.25) is 4.90 Å². The molecule has 0 radical (unpaired) electrons.